The minimum absolute atomic E-state index is 0.0852. The van der Waals surface area contributed by atoms with Crippen molar-refractivity contribution in [3.63, 3.8) is 0 Å². The van der Waals surface area contributed by atoms with Crippen LogP contribution in [0.15, 0.2) is 34.9 Å². The van der Waals surface area contributed by atoms with Gasteiger partial charge in [0.15, 0.2) is 5.82 Å². The number of benzene rings is 1. The smallest absolute Gasteiger partial charge is 0.231 e. The Labute approximate surface area is 151 Å². The van der Waals surface area contributed by atoms with Crippen molar-refractivity contribution in [1.82, 2.24) is 5.16 Å². The van der Waals surface area contributed by atoms with Crippen molar-refractivity contribution in [2.45, 2.75) is 32.6 Å². The third-order valence-corrected chi connectivity index (χ3v) is 4.39. The molecule has 3 rings (SSSR count). The van der Waals surface area contributed by atoms with E-state index in [2.05, 4.69) is 10.5 Å². The predicted octanol–water partition coefficient (Wildman–Crippen LogP) is 3.62. The average Bonchev–Trinajstić information content (AvgIpc) is 3.15. The first-order valence-electron chi connectivity index (χ1n) is 8.08. The van der Waals surface area contributed by atoms with Gasteiger partial charge in [0.1, 0.15) is 5.76 Å². The highest BCUT2D eigenvalue weighted by molar-refractivity contribution is 6.30. The topological polar surface area (TPSA) is 75.4 Å². The fourth-order valence-corrected chi connectivity index (χ4v) is 2.80. The van der Waals surface area contributed by atoms with E-state index in [1.165, 1.54) is 0 Å². The molecule has 132 valence electrons. The summed E-state index contributed by atoms with van der Waals surface area (Å²) in [5.74, 6) is 0.301. The summed E-state index contributed by atoms with van der Waals surface area (Å²) in [6.07, 6.45) is 0.165. The van der Waals surface area contributed by atoms with E-state index in [-0.39, 0.29) is 23.7 Å². The highest BCUT2D eigenvalue weighted by Crippen LogP contribution is 2.28. The van der Waals surface area contributed by atoms with Crippen molar-refractivity contribution in [3.8, 4) is 0 Å². The molecular formula is C18H20ClN3O3. The van der Waals surface area contributed by atoms with Gasteiger partial charge < -0.3 is 14.7 Å². The van der Waals surface area contributed by atoms with Crippen LogP contribution in [-0.2, 0) is 15.0 Å². The summed E-state index contributed by atoms with van der Waals surface area (Å²) >= 11 is 5.87. The largest absolute Gasteiger partial charge is 0.359 e. The molecule has 1 fully saturated rings. The van der Waals surface area contributed by atoms with Gasteiger partial charge in [-0.25, -0.2) is 0 Å². The molecule has 1 atom stereocenters. The standard InChI is InChI=1S/C18H20ClN3O3/c1-18(2,3)14-9-15(21-25-14)20-17(24)11-8-16(23)22(10-11)13-6-4-12(19)5-7-13/h4-7,9,11H,8,10H2,1-3H3,(H,20,21,24). The van der Waals surface area contributed by atoms with E-state index >= 15 is 0 Å². The van der Waals surface area contributed by atoms with Crippen LogP contribution >= 0.6 is 11.6 Å². The normalized spacial score (nSPS) is 17.8. The number of nitrogens with zero attached hydrogens (tertiary/aromatic N) is 2. The molecule has 1 aromatic carbocycles. The van der Waals surface area contributed by atoms with Gasteiger partial charge >= 0.3 is 0 Å². The third-order valence-electron chi connectivity index (χ3n) is 4.13. The maximum Gasteiger partial charge on any atom is 0.231 e. The third kappa shape index (κ3) is 3.85. The number of hydrogen-bond acceptors (Lipinski definition) is 4. The van der Waals surface area contributed by atoms with Gasteiger partial charge in [-0.2, -0.15) is 0 Å². The van der Waals surface area contributed by atoms with Crippen LogP contribution < -0.4 is 10.2 Å². The Morgan fingerprint density at radius 3 is 2.60 bits per heavy atom. The molecule has 1 N–H and O–H groups in total. The number of carbonyl (C=O) groups is 2. The molecule has 2 aromatic rings. The Morgan fingerprint density at radius 2 is 2.00 bits per heavy atom. The Morgan fingerprint density at radius 1 is 1.32 bits per heavy atom. The molecule has 1 unspecified atom stereocenters. The van der Waals surface area contributed by atoms with Crippen molar-refractivity contribution in [3.05, 3.63) is 41.1 Å². The van der Waals surface area contributed by atoms with Gasteiger partial charge in [-0.15, -0.1) is 0 Å². The second kappa shape index (κ2) is 6.52. The van der Waals surface area contributed by atoms with Crippen molar-refractivity contribution in [1.29, 1.82) is 0 Å². The number of rotatable bonds is 3. The number of nitrogens with one attached hydrogen (secondary N) is 1. The Hall–Kier alpha value is -2.34. The number of anilines is 2. The zero-order chi connectivity index (χ0) is 18.2. The zero-order valence-corrected chi connectivity index (χ0v) is 15.1. The first-order valence-corrected chi connectivity index (χ1v) is 8.46. The van der Waals surface area contributed by atoms with Crippen LogP contribution in [0.5, 0.6) is 0 Å². The number of hydrogen-bond donors (Lipinski definition) is 1. The molecule has 1 aromatic heterocycles. The Kier molecular flexibility index (Phi) is 4.56. The number of amides is 2. The lowest BCUT2D eigenvalue weighted by atomic mass is 9.93. The SMILES string of the molecule is CC(C)(C)c1cc(NC(=O)C2CC(=O)N(c3ccc(Cl)cc3)C2)no1. The average molecular weight is 362 g/mol. The van der Waals surface area contributed by atoms with Gasteiger partial charge in [-0.05, 0) is 24.3 Å². The predicted molar refractivity (Wildman–Crippen MR) is 95.7 cm³/mol. The van der Waals surface area contributed by atoms with Crippen LogP contribution in [-0.4, -0.2) is 23.5 Å². The quantitative estimate of drug-likeness (QED) is 0.905. The number of halogens is 1. The summed E-state index contributed by atoms with van der Waals surface area (Å²) < 4.78 is 5.26. The number of carbonyl (C=O) groups excluding carboxylic acids is 2. The molecule has 0 saturated carbocycles. The first kappa shape index (κ1) is 17.5. The van der Waals surface area contributed by atoms with Crippen LogP contribution in [0.25, 0.3) is 0 Å². The van der Waals surface area contributed by atoms with Crippen molar-refractivity contribution in [2.75, 3.05) is 16.8 Å². The molecule has 0 radical (unpaired) electrons. The second-order valence-corrected chi connectivity index (χ2v) is 7.63. The van der Waals surface area contributed by atoms with Crippen LogP contribution in [0.3, 0.4) is 0 Å². The molecule has 1 saturated heterocycles. The lowest BCUT2D eigenvalue weighted by Gasteiger charge is -2.16. The first-order chi connectivity index (χ1) is 11.7. The molecule has 6 nitrogen and oxygen atoms in total. The van der Waals surface area contributed by atoms with E-state index in [9.17, 15) is 9.59 Å². The molecule has 1 aliphatic rings. The molecule has 2 heterocycles. The van der Waals surface area contributed by atoms with E-state index < -0.39 is 5.92 Å². The van der Waals surface area contributed by atoms with E-state index in [4.69, 9.17) is 16.1 Å². The lowest BCUT2D eigenvalue weighted by Crippen LogP contribution is -2.28. The van der Waals surface area contributed by atoms with E-state index in [1.54, 1.807) is 35.2 Å². The molecular weight excluding hydrogens is 342 g/mol. The van der Waals surface area contributed by atoms with Gasteiger partial charge in [0.2, 0.25) is 11.8 Å². The highest BCUT2D eigenvalue weighted by atomic mass is 35.5. The second-order valence-electron chi connectivity index (χ2n) is 7.20. The molecule has 1 aliphatic heterocycles. The summed E-state index contributed by atoms with van der Waals surface area (Å²) in [4.78, 5) is 26.3. The van der Waals surface area contributed by atoms with E-state index in [0.29, 0.717) is 23.1 Å². The highest BCUT2D eigenvalue weighted by Gasteiger charge is 2.35. The minimum Gasteiger partial charge on any atom is -0.359 e. The minimum atomic E-state index is -0.432. The van der Waals surface area contributed by atoms with Crippen LogP contribution in [0.4, 0.5) is 11.5 Å². The van der Waals surface area contributed by atoms with Crippen LogP contribution in [0.2, 0.25) is 5.02 Å². The summed E-state index contributed by atoms with van der Waals surface area (Å²) in [6.45, 7) is 6.33. The molecule has 25 heavy (non-hydrogen) atoms. The fraction of sp³-hybridized carbons (Fsp3) is 0.389. The van der Waals surface area contributed by atoms with Gasteiger partial charge in [-0.1, -0.05) is 37.5 Å². The zero-order valence-electron chi connectivity index (χ0n) is 14.4. The maximum absolute atomic E-state index is 12.5. The monoisotopic (exact) mass is 361 g/mol. The van der Waals surface area contributed by atoms with Crippen molar-refractivity contribution < 1.29 is 14.1 Å². The van der Waals surface area contributed by atoms with Gasteiger partial charge in [-0.3, -0.25) is 9.59 Å². The van der Waals surface area contributed by atoms with Gasteiger partial charge in [0, 0.05) is 35.2 Å². The lowest BCUT2D eigenvalue weighted by molar-refractivity contribution is -0.122. The molecule has 0 spiro atoms. The van der Waals surface area contributed by atoms with Gasteiger partial charge in [0.25, 0.3) is 0 Å². The molecule has 7 heteroatoms. The van der Waals surface area contributed by atoms with Crippen LogP contribution in [0.1, 0.15) is 33.0 Å². The summed E-state index contributed by atoms with van der Waals surface area (Å²) in [7, 11) is 0. The summed E-state index contributed by atoms with van der Waals surface area (Å²) in [5, 5.41) is 7.22. The molecule has 0 aliphatic carbocycles. The summed E-state index contributed by atoms with van der Waals surface area (Å²) in [5.41, 5.74) is 0.547. The van der Waals surface area contributed by atoms with E-state index in [0.717, 1.165) is 5.69 Å². The molecule has 0 bridgehead atoms. The van der Waals surface area contributed by atoms with Crippen molar-refractivity contribution >= 4 is 34.9 Å². The van der Waals surface area contributed by atoms with Crippen LogP contribution in [0, 0.1) is 5.92 Å². The Bertz CT molecular complexity index is 793. The molecule has 2 amide bonds. The Balaban J connectivity index is 1.66. The van der Waals surface area contributed by atoms with E-state index in [1.807, 2.05) is 20.8 Å². The number of aromatic nitrogens is 1. The fourth-order valence-electron chi connectivity index (χ4n) is 2.67. The summed E-state index contributed by atoms with van der Waals surface area (Å²) in [6, 6.07) is 8.70. The maximum atomic E-state index is 12.5. The van der Waals surface area contributed by atoms with Crippen molar-refractivity contribution in [2.24, 2.45) is 5.92 Å². The van der Waals surface area contributed by atoms with Gasteiger partial charge in [0.05, 0.1) is 5.92 Å².